The maximum atomic E-state index is 10.6. The molecule has 0 fully saturated rings. The van der Waals surface area contributed by atoms with Crippen LogP contribution in [0.1, 0.15) is 24.8 Å². The topological polar surface area (TPSA) is 63.3 Å². The number of nitrogens with zero attached hydrogens (tertiary/aromatic N) is 1. The molecule has 6 heteroatoms. The van der Waals surface area contributed by atoms with Crippen LogP contribution in [0.4, 0.5) is 0 Å². The molecule has 1 atom stereocenters. The van der Waals surface area contributed by atoms with Crippen molar-refractivity contribution in [3.8, 4) is 10.8 Å². The van der Waals surface area contributed by atoms with Crippen molar-refractivity contribution in [2.75, 3.05) is 0 Å². The van der Waals surface area contributed by atoms with Crippen molar-refractivity contribution >= 4 is 29.1 Å². The van der Waals surface area contributed by atoms with E-state index in [-0.39, 0.29) is 11.7 Å². The van der Waals surface area contributed by atoms with Crippen molar-refractivity contribution in [1.29, 1.82) is 0 Å². The van der Waals surface area contributed by atoms with Gasteiger partial charge in [0.15, 0.2) is 0 Å². The molecule has 0 spiro atoms. The van der Waals surface area contributed by atoms with Crippen LogP contribution < -0.4 is 0 Å². The summed E-state index contributed by atoms with van der Waals surface area (Å²) in [5, 5.41) is 10.8. The lowest BCUT2D eigenvalue weighted by atomic mass is 10.3. The van der Waals surface area contributed by atoms with Crippen molar-refractivity contribution < 1.29 is 14.3 Å². The summed E-state index contributed by atoms with van der Waals surface area (Å²) < 4.78 is 5.64. The number of rotatable bonds is 6. The van der Waals surface area contributed by atoms with E-state index >= 15 is 0 Å². The van der Waals surface area contributed by atoms with Crippen LogP contribution in [0.3, 0.4) is 0 Å². The summed E-state index contributed by atoms with van der Waals surface area (Å²) in [7, 11) is 0. The van der Waals surface area contributed by atoms with E-state index in [1.54, 1.807) is 23.1 Å². The number of oxazole rings is 1. The molecule has 2 aromatic heterocycles. The van der Waals surface area contributed by atoms with Gasteiger partial charge < -0.3 is 9.52 Å². The number of carbonyl (C=O) groups is 1. The lowest BCUT2D eigenvalue weighted by molar-refractivity contribution is -0.136. The molecule has 0 aliphatic carbocycles. The van der Waals surface area contributed by atoms with Crippen LogP contribution >= 0.6 is 23.1 Å². The molecule has 1 N–H and O–H groups in total. The SMILES string of the molecule is Cc1oc(-c2cccs2)nc1CSC(C)CC(=O)O. The van der Waals surface area contributed by atoms with Crippen LogP contribution in [0.5, 0.6) is 0 Å². The molecular formula is C13H15NO3S2. The van der Waals surface area contributed by atoms with Gasteiger partial charge in [-0.25, -0.2) is 4.98 Å². The summed E-state index contributed by atoms with van der Waals surface area (Å²) in [6, 6.07) is 3.93. The van der Waals surface area contributed by atoms with Gasteiger partial charge in [-0.3, -0.25) is 4.79 Å². The number of aromatic nitrogens is 1. The Morgan fingerprint density at radius 2 is 2.42 bits per heavy atom. The Bertz CT molecular complexity index is 548. The highest BCUT2D eigenvalue weighted by molar-refractivity contribution is 7.99. The van der Waals surface area contributed by atoms with Crippen LogP contribution in [0.15, 0.2) is 21.9 Å². The fourth-order valence-electron chi connectivity index (χ4n) is 1.59. The second kappa shape index (κ2) is 6.25. The zero-order valence-electron chi connectivity index (χ0n) is 10.8. The first-order valence-corrected chi connectivity index (χ1v) is 7.82. The Labute approximate surface area is 119 Å². The number of carboxylic acids is 1. The van der Waals surface area contributed by atoms with Crippen LogP contribution in [0, 0.1) is 6.92 Å². The highest BCUT2D eigenvalue weighted by Gasteiger charge is 2.14. The summed E-state index contributed by atoms with van der Waals surface area (Å²) in [5.41, 5.74) is 0.894. The molecular weight excluding hydrogens is 282 g/mol. The molecule has 2 rings (SSSR count). The minimum atomic E-state index is -0.767. The van der Waals surface area contributed by atoms with Crippen LogP contribution in [0.2, 0.25) is 0 Å². The third-order valence-corrected chi connectivity index (χ3v) is 4.62. The zero-order chi connectivity index (χ0) is 13.8. The number of aryl methyl sites for hydroxylation is 1. The van der Waals surface area contributed by atoms with E-state index in [0.29, 0.717) is 11.6 Å². The Morgan fingerprint density at radius 3 is 3.05 bits per heavy atom. The third-order valence-electron chi connectivity index (χ3n) is 2.59. The van der Waals surface area contributed by atoms with Crippen molar-refractivity contribution in [3.05, 3.63) is 29.0 Å². The molecule has 0 aromatic carbocycles. The fraction of sp³-hybridized carbons (Fsp3) is 0.385. The van der Waals surface area contributed by atoms with Gasteiger partial charge >= 0.3 is 5.97 Å². The van der Waals surface area contributed by atoms with E-state index in [1.165, 1.54) is 0 Å². The maximum absolute atomic E-state index is 10.6. The quantitative estimate of drug-likeness (QED) is 0.878. The number of hydrogen-bond acceptors (Lipinski definition) is 5. The van der Waals surface area contributed by atoms with Gasteiger partial charge in [-0.2, -0.15) is 11.8 Å². The van der Waals surface area contributed by atoms with Gasteiger partial charge in [-0.05, 0) is 18.4 Å². The summed E-state index contributed by atoms with van der Waals surface area (Å²) in [4.78, 5) is 16.1. The smallest absolute Gasteiger partial charge is 0.304 e. The van der Waals surface area contributed by atoms with Crippen molar-refractivity contribution in [1.82, 2.24) is 4.98 Å². The average Bonchev–Trinajstić information content (AvgIpc) is 2.94. The number of carboxylic acid groups (broad SMARTS) is 1. The highest BCUT2D eigenvalue weighted by Crippen LogP contribution is 2.28. The summed E-state index contributed by atoms with van der Waals surface area (Å²) in [6.07, 6.45) is 0.166. The Morgan fingerprint density at radius 1 is 1.63 bits per heavy atom. The molecule has 0 saturated heterocycles. The first-order valence-electron chi connectivity index (χ1n) is 5.90. The second-order valence-electron chi connectivity index (χ2n) is 4.22. The lowest BCUT2D eigenvalue weighted by Crippen LogP contribution is -2.06. The molecule has 102 valence electrons. The van der Waals surface area contributed by atoms with E-state index in [2.05, 4.69) is 4.98 Å². The van der Waals surface area contributed by atoms with E-state index in [1.807, 2.05) is 31.4 Å². The number of thiophene rings is 1. The predicted octanol–water partition coefficient (Wildman–Crippen LogP) is 3.81. The monoisotopic (exact) mass is 297 g/mol. The Kier molecular flexibility index (Phi) is 4.66. The lowest BCUT2D eigenvalue weighted by Gasteiger charge is -2.06. The molecule has 0 aliphatic heterocycles. The minimum Gasteiger partial charge on any atom is -0.481 e. The van der Waals surface area contributed by atoms with Crippen molar-refractivity contribution in [2.45, 2.75) is 31.3 Å². The Balaban J connectivity index is 2.00. The highest BCUT2D eigenvalue weighted by atomic mass is 32.2. The number of thioether (sulfide) groups is 1. The van der Waals surface area contributed by atoms with Gasteiger partial charge in [0.05, 0.1) is 17.0 Å². The predicted molar refractivity (Wildman–Crippen MR) is 77.6 cm³/mol. The fourth-order valence-corrected chi connectivity index (χ4v) is 3.21. The number of hydrogen-bond donors (Lipinski definition) is 1. The molecule has 2 aromatic rings. The molecule has 0 aliphatic rings. The van der Waals surface area contributed by atoms with Gasteiger partial charge in [0.1, 0.15) is 5.76 Å². The summed E-state index contributed by atoms with van der Waals surface area (Å²) in [6.45, 7) is 3.80. The second-order valence-corrected chi connectivity index (χ2v) is 6.59. The first kappa shape index (κ1) is 14.1. The van der Waals surface area contributed by atoms with E-state index < -0.39 is 5.97 Å². The van der Waals surface area contributed by atoms with Crippen LogP contribution in [0.25, 0.3) is 10.8 Å². The zero-order valence-corrected chi connectivity index (χ0v) is 12.4. The molecule has 0 bridgehead atoms. The summed E-state index contributed by atoms with van der Waals surface area (Å²) in [5.74, 6) is 1.36. The van der Waals surface area contributed by atoms with Crippen molar-refractivity contribution in [3.63, 3.8) is 0 Å². The normalized spacial score (nSPS) is 12.5. The Hall–Kier alpha value is -1.27. The largest absolute Gasteiger partial charge is 0.481 e. The van der Waals surface area contributed by atoms with Crippen LogP contribution in [-0.2, 0) is 10.5 Å². The van der Waals surface area contributed by atoms with Gasteiger partial charge in [-0.1, -0.05) is 13.0 Å². The van der Waals surface area contributed by atoms with Gasteiger partial charge in [-0.15, -0.1) is 11.3 Å². The van der Waals surface area contributed by atoms with Gasteiger partial charge in [0.25, 0.3) is 0 Å². The third kappa shape index (κ3) is 3.84. The number of aliphatic carboxylic acids is 1. The molecule has 0 saturated carbocycles. The maximum Gasteiger partial charge on any atom is 0.304 e. The molecule has 2 heterocycles. The molecule has 4 nitrogen and oxygen atoms in total. The summed E-state index contributed by atoms with van der Waals surface area (Å²) >= 11 is 3.17. The first-order chi connectivity index (χ1) is 9.06. The van der Waals surface area contributed by atoms with Gasteiger partial charge in [0, 0.05) is 11.0 Å². The van der Waals surface area contributed by atoms with Gasteiger partial charge in [0.2, 0.25) is 5.89 Å². The molecule has 1 unspecified atom stereocenters. The van der Waals surface area contributed by atoms with E-state index in [4.69, 9.17) is 9.52 Å². The molecule has 0 radical (unpaired) electrons. The standard InChI is InChI=1S/C13H15NO3S2/c1-8(6-12(15)16)19-7-10-9(2)17-13(14-10)11-4-3-5-18-11/h3-5,8H,6-7H2,1-2H3,(H,15,16). The molecule has 0 amide bonds. The average molecular weight is 297 g/mol. The molecule has 19 heavy (non-hydrogen) atoms. The van der Waals surface area contributed by atoms with Crippen molar-refractivity contribution in [2.24, 2.45) is 0 Å². The minimum absolute atomic E-state index is 0.0683. The van der Waals surface area contributed by atoms with E-state index in [9.17, 15) is 4.79 Å². The van der Waals surface area contributed by atoms with E-state index in [0.717, 1.165) is 16.3 Å². The van der Waals surface area contributed by atoms with Crippen LogP contribution in [-0.4, -0.2) is 21.3 Å².